The maximum absolute atomic E-state index is 11.0. The summed E-state index contributed by atoms with van der Waals surface area (Å²) in [5.74, 6) is -1.54. The minimum atomic E-state index is -3.24. The van der Waals surface area contributed by atoms with Gasteiger partial charge in [0, 0.05) is 5.88 Å². The van der Waals surface area contributed by atoms with Gasteiger partial charge in [-0.15, -0.1) is 11.6 Å². The monoisotopic (exact) mass is 229 g/mol. The molecule has 0 aliphatic rings. The molecule has 0 heterocycles. The lowest BCUT2D eigenvalue weighted by Gasteiger charge is -2.05. The summed E-state index contributed by atoms with van der Waals surface area (Å²) in [4.78, 5) is 10.2. The molecule has 0 bridgehead atoms. The van der Waals surface area contributed by atoms with Crippen molar-refractivity contribution in [2.24, 2.45) is 5.73 Å². The van der Waals surface area contributed by atoms with Crippen molar-refractivity contribution >= 4 is 27.4 Å². The number of alkyl halides is 1. The van der Waals surface area contributed by atoms with Crippen LogP contribution in [-0.4, -0.2) is 42.9 Å². The van der Waals surface area contributed by atoms with Crippen molar-refractivity contribution in [3.63, 3.8) is 0 Å². The highest BCUT2D eigenvalue weighted by Crippen LogP contribution is 1.98. The van der Waals surface area contributed by atoms with Crippen LogP contribution in [0.2, 0.25) is 0 Å². The van der Waals surface area contributed by atoms with E-state index in [2.05, 4.69) is 0 Å². The molecule has 0 fully saturated rings. The van der Waals surface area contributed by atoms with E-state index in [-0.39, 0.29) is 23.8 Å². The summed E-state index contributed by atoms with van der Waals surface area (Å²) in [5.41, 5.74) is 5.12. The minimum absolute atomic E-state index is 0.0185. The molecule has 78 valence electrons. The fourth-order valence-corrected chi connectivity index (χ4v) is 2.41. The van der Waals surface area contributed by atoms with Crippen LogP contribution < -0.4 is 5.73 Å². The van der Waals surface area contributed by atoms with Gasteiger partial charge < -0.3 is 10.8 Å². The van der Waals surface area contributed by atoms with Gasteiger partial charge in [-0.25, -0.2) is 8.42 Å². The standard InChI is InChI=1S/C6H12ClNO4S/c7-2-4-13(11,12)3-1-5(8)6(9)10/h5H,1-4,8H2,(H,9,10). The van der Waals surface area contributed by atoms with Crippen LogP contribution in [0.1, 0.15) is 6.42 Å². The number of carbonyl (C=O) groups is 1. The molecule has 1 atom stereocenters. The largest absolute Gasteiger partial charge is 0.480 e. The Bertz CT molecular complexity index is 264. The summed E-state index contributed by atoms with van der Waals surface area (Å²) in [7, 11) is -3.24. The molecule has 0 aromatic carbocycles. The Kier molecular flexibility index (Phi) is 5.27. The second kappa shape index (κ2) is 5.41. The van der Waals surface area contributed by atoms with Crippen LogP contribution in [0.3, 0.4) is 0 Å². The SMILES string of the molecule is NC(CCS(=O)(=O)CCCl)C(=O)O. The van der Waals surface area contributed by atoms with E-state index in [4.69, 9.17) is 22.4 Å². The van der Waals surface area contributed by atoms with Gasteiger partial charge in [-0.05, 0) is 6.42 Å². The quantitative estimate of drug-likeness (QED) is 0.595. The van der Waals surface area contributed by atoms with Crippen molar-refractivity contribution < 1.29 is 18.3 Å². The number of aliphatic carboxylic acids is 1. The van der Waals surface area contributed by atoms with Crippen LogP contribution in [-0.2, 0) is 14.6 Å². The second-order valence-electron chi connectivity index (χ2n) is 2.57. The average molecular weight is 230 g/mol. The van der Waals surface area contributed by atoms with Crippen LogP contribution in [0.4, 0.5) is 0 Å². The Morgan fingerprint density at radius 3 is 2.38 bits per heavy atom. The molecule has 5 nitrogen and oxygen atoms in total. The van der Waals surface area contributed by atoms with Crippen molar-refractivity contribution in [3.05, 3.63) is 0 Å². The Labute approximate surface area is 81.8 Å². The summed E-state index contributed by atoms with van der Waals surface area (Å²) in [5, 5.41) is 8.36. The fourth-order valence-electron chi connectivity index (χ4n) is 0.650. The second-order valence-corrected chi connectivity index (χ2v) is 5.26. The van der Waals surface area contributed by atoms with E-state index < -0.39 is 21.8 Å². The lowest BCUT2D eigenvalue weighted by atomic mass is 10.2. The zero-order valence-electron chi connectivity index (χ0n) is 6.94. The van der Waals surface area contributed by atoms with Crippen LogP contribution >= 0.6 is 11.6 Å². The third-order valence-electron chi connectivity index (χ3n) is 1.45. The van der Waals surface area contributed by atoms with Crippen LogP contribution in [0, 0.1) is 0 Å². The van der Waals surface area contributed by atoms with E-state index in [1.165, 1.54) is 0 Å². The molecule has 0 aromatic heterocycles. The highest BCUT2D eigenvalue weighted by atomic mass is 35.5. The maximum Gasteiger partial charge on any atom is 0.320 e. The molecule has 0 rings (SSSR count). The van der Waals surface area contributed by atoms with Crippen LogP contribution in [0.5, 0.6) is 0 Å². The van der Waals surface area contributed by atoms with Gasteiger partial charge in [0.05, 0.1) is 11.5 Å². The first-order valence-corrected chi connectivity index (χ1v) is 5.99. The van der Waals surface area contributed by atoms with Crippen molar-refractivity contribution in [3.8, 4) is 0 Å². The van der Waals surface area contributed by atoms with E-state index in [9.17, 15) is 13.2 Å². The van der Waals surface area contributed by atoms with Gasteiger partial charge in [0.2, 0.25) is 0 Å². The molecule has 0 aromatic rings. The lowest BCUT2D eigenvalue weighted by Crippen LogP contribution is -2.32. The number of hydrogen-bond acceptors (Lipinski definition) is 4. The lowest BCUT2D eigenvalue weighted by molar-refractivity contribution is -0.138. The highest BCUT2D eigenvalue weighted by molar-refractivity contribution is 7.91. The van der Waals surface area contributed by atoms with E-state index in [1.54, 1.807) is 0 Å². The van der Waals surface area contributed by atoms with Crippen molar-refractivity contribution in [2.45, 2.75) is 12.5 Å². The molecule has 1 unspecified atom stereocenters. The van der Waals surface area contributed by atoms with Gasteiger partial charge in [-0.2, -0.15) is 0 Å². The van der Waals surface area contributed by atoms with E-state index in [1.807, 2.05) is 0 Å². The molecule has 0 saturated carbocycles. The third kappa shape index (κ3) is 5.84. The van der Waals surface area contributed by atoms with Gasteiger partial charge in [-0.1, -0.05) is 0 Å². The average Bonchev–Trinajstić information content (AvgIpc) is 2.00. The molecule has 0 radical (unpaired) electrons. The first-order valence-electron chi connectivity index (χ1n) is 3.64. The van der Waals surface area contributed by atoms with E-state index in [0.29, 0.717) is 0 Å². The number of nitrogens with two attached hydrogens (primary N) is 1. The normalized spacial score (nSPS) is 14.0. The highest BCUT2D eigenvalue weighted by Gasteiger charge is 2.16. The topological polar surface area (TPSA) is 97.5 Å². The zero-order chi connectivity index (χ0) is 10.5. The van der Waals surface area contributed by atoms with E-state index in [0.717, 1.165) is 0 Å². The number of rotatable bonds is 6. The van der Waals surface area contributed by atoms with Gasteiger partial charge in [0.15, 0.2) is 9.84 Å². The molecule has 7 heteroatoms. The Hall–Kier alpha value is -0.330. The molecule has 0 aliphatic carbocycles. The molecular formula is C6H12ClNO4S. The number of carboxylic acid groups (broad SMARTS) is 1. The zero-order valence-corrected chi connectivity index (χ0v) is 8.51. The summed E-state index contributed by atoms with van der Waals surface area (Å²) < 4.78 is 22.0. The van der Waals surface area contributed by atoms with Gasteiger partial charge in [0.25, 0.3) is 0 Å². The molecule has 0 saturated heterocycles. The number of halogens is 1. The predicted octanol–water partition coefficient (Wildman–Crippen LogP) is -0.558. The first-order chi connectivity index (χ1) is 5.89. The van der Waals surface area contributed by atoms with Crippen molar-refractivity contribution in [1.29, 1.82) is 0 Å². The Morgan fingerprint density at radius 2 is 2.00 bits per heavy atom. The molecule has 0 aliphatic heterocycles. The Balaban J connectivity index is 3.95. The van der Waals surface area contributed by atoms with E-state index >= 15 is 0 Å². The first kappa shape index (κ1) is 12.7. The minimum Gasteiger partial charge on any atom is -0.480 e. The summed E-state index contributed by atoms with van der Waals surface area (Å²) in [6.45, 7) is 0. The summed E-state index contributed by atoms with van der Waals surface area (Å²) in [6, 6.07) is -1.12. The van der Waals surface area contributed by atoms with Gasteiger partial charge in [-0.3, -0.25) is 4.79 Å². The molecule has 0 spiro atoms. The molecular weight excluding hydrogens is 218 g/mol. The number of sulfone groups is 1. The molecule has 3 N–H and O–H groups in total. The maximum atomic E-state index is 11.0. The van der Waals surface area contributed by atoms with Crippen LogP contribution in [0.15, 0.2) is 0 Å². The fraction of sp³-hybridized carbons (Fsp3) is 0.833. The Morgan fingerprint density at radius 1 is 1.46 bits per heavy atom. The predicted molar refractivity (Wildman–Crippen MR) is 49.6 cm³/mol. The number of hydrogen-bond donors (Lipinski definition) is 2. The van der Waals surface area contributed by atoms with Crippen LogP contribution in [0.25, 0.3) is 0 Å². The van der Waals surface area contributed by atoms with Gasteiger partial charge >= 0.3 is 5.97 Å². The van der Waals surface area contributed by atoms with Crippen molar-refractivity contribution in [2.75, 3.05) is 17.4 Å². The number of carboxylic acids is 1. The molecule has 13 heavy (non-hydrogen) atoms. The van der Waals surface area contributed by atoms with Gasteiger partial charge in [0.1, 0.15) is 6.04 Å². The summed E-state index contributed by atoms with van der Waals surface area (Å²) >= 11 is 5.24. The smallest absolute Gasteiger partial charge is 0.320 e. The third-order valence-corrected chi connectivity index (χ3v) is 3.54. The van der Waals surface area contributed by atoms with Crippen molar-refractivity contribution in [1.82, 2.24) is 0 Å². The summed E-state index contributed by atoms with van der Waals surface area (Å²) in [6.07, 6.45) is -0.0748. The molecule has 0 amide bonds.